The van der Waals surface area contributed by atoms with Crippen LogP contribution in [0, 0.1) is 11.7 Å². The van der Waals surface area contributed by atoms with Gasteiger partial charge in [0.1, 0.15) is 30.5 Å². The lowest BCUT2D eigenvalue weighted by molar-refractivity contribution is -0.126. The Labute approximate surface area is 250 Å². The van der Waals surface area contributed by atoms with E-state index in [-0.39, 0.29) is 75.0 Å². The average molecular weight is 610 g/mol. The van der Waals surface area contributed by atoms with E-state index in [4.69, 9.17) is 29.4 Å². The molecule has 0 saturated carbocycles. The highest BCUT2D eigenvalue weighted by Crippen LogP contribution is 2.26. The van der Waals surface area contributed by atoms with E-state index < -0.39 is 0 Å². The molecule has 4 atom stereocenters. The summed E-state index contributed by atoms with van der Waals surface area (Å²) < 4.78 is 28.4. The second-order valence-corrected chi connectivity index (χ2v) is 11.3. The summed E-state index contributed by atoms with van der Waals surface area (Å²) in [5.41, 5.74) is 5.65. The molecule has 0 radical (unpaired) electrons. The largest absolute Gasteiger partial charge is 0.490 e. The van der Waals surface area contributed by atoms with Gasteiger partial charge in [-0.2, -0.15) is 5.82 Å². The van der Waals surface area contributed by atoms with E-state index in [1.807, 2.05) is 6.26 Å². The van der Waals surface area contributed by atoms with Crippen LogP contribution >= 0.6 is 21.6 Å². The Balaban J connectivity index is 1.59. The first kappa shape index (κ1) is 35.0. The lowest BCUT2D eigenvalue weighted by Crippen LogP contribution is -2.29. The van der Waals surface area contributed by atoms with Crippen molar-refractivity contribution in [2.45, 2.75) is 30.1 Å². The zero-order valence-electron chi connectivity index (χ0n) is 23.4. The molecule has 226 valence electrons. The van der Waals surface area contributed by atoms with Gasteiger partial charge in [-0.25, -0.2) is 0 Å². The maximum Gasteiger partial charge on any atom is 0.251 e. The fourth-order valence-electron chi connectivity index (χ4n) is 3.70. The summed E-state index contributed by atoms with van der Waals surface area (Å²) in [6, 6.07) is 6.79. The van der Waals surface area contributed by atoms with Crippen LogP contribution < -0.4 is 21.1 Å². The fraction of sp³-hybridized carbons (Fsp3) is 0.556. The highest BCUT2D eigenvalue weighted by Gasteiger charge is 2.35. The number of carbonyl (C=O) groups is 2. The molecule has 1 aromatic carbocycles. The van der Waals surface area contributed by atoms with E-state index in [2.05, 4.69) is 29.0 Å². The number of rotatable bonds is 20. The molecule has 1 aromatic rings. The molecule has 1 aliphatic rings. The Morgan fingerprint density at radius 2 is 2.22 bits per heavy atom. The van der Waals surface area contributed by atoms with Crippen LogP contribution in [-0.4, -0.2) is 113 Å². The van der Waals surface area contributed by atoms with Gasteiger partial charge in [-0.15, -0.1) is 6.58 Å². The number of amides is 2. The molecule has 2 unspecified atom stereocenters. The minimum Gasteiger partial charge on any atom is -0.490 e. The Bertz CT molecular complexity index is 997. The number of nitrogens with two attached hydrogens (primary N) is 1. The normalized spacial score (nSPS) is 18.6. The van der Waals surface area contributed by atoms with Gasteiger partial charge in [0.2, 0.25) is 13.2 Å². The van der Waals surface area contributed by atoms with E-state index in [1.54, 1.807) is 41.1 Å². The second-order valence-electron chi connectivity index (χ2n) is 8.71. The predicted molar refractivity (Wildman–Crippen MR) is 163 cm³/mol. The van der Waals surface area contributed by atoms with Gasteiger partial charge in [-0.1, -0.05) is 39.7 Å². The third-order valence-corrected chi connectivity index (χ3v) is 7.49. The quantitative estimate of drug-likeness (QED) is 0.0404. The standard InChI is InChI=1S/C27H40BN3O8S2/c1-3-12-36-22-16-24(39-23(22)17-32)28-8-5-10-30-25(33)18-35-13-14-37-26(41-40-2)19-38-21-7-4-6-20(15-21)27(34)31-11-9-29/h3-4,6-7,15,22-24,26,28,32H,1,9-14,16-19,29H2,2H3,(H,30,33)(H,31,34)/t22-,23?,24-,26?/m1/s1. The summed E-state index contributed by atoms with van der Waals surface area (Å²) in [4.78, 5) is 24.1. The molecule has 0 aliphatic carbocycles. The molecule has 0 spiro atoms. The molecule has 1 saturated heterocycles. The van der Waals surface area contributed by atoms with Gasteiger partial charge in [-0.3, -0.25) is 9.59 Å². The van der Waals surface area contributed by atoms with E-state index in [0.29, 0.717) is 44.7 Å². The maximum absolute atomic E-state index is 12.1. The zero-order chi connectivity index (χ0) is 29.7. The van der Waals surface area contributed by atoms with Gasteiger partial charge in [0, 0.05) is 24.7 Å². The van der Waals surface area contributed by atoms with Gasteiger partial charge in [0.25, 0.3) is 5.91 Å². The molecule has 1 aliphatic heterocycles. The minimum atomic E-state index is -0.358. The lowest BCUT2D eigenvalue weighted by atomic mass is 9.71. The molecular weight excluding hydrogens is 569 g/mol. The highest BCUT2D eigenvalue weighted by molar-refractivity contribution is 8.76. The summed E-state index contributed by atoms with van der Waals surface area (Å²) in [7, 11) is 3.54. The summed E-state index contributed by atoms with van der Waals surface area (Å²) in [5, 5.41) is 14.9. The van der Waals surface area contributed by atoms with Crippen LogP contribution in [0.1, 0.15) is 16.8 Å². The number of hydrogen-bond acceptors (Lipinski definition) is 11. The van der Waals surface area contributed by atoms with Crippen molar-refractivity contribution in [3.05, 3.63) is 42.5 Å². The van der Waals surface area contributed by atoms with Crippen molar-refractivity contribution in [2.24, 2.45) is 5.73 Å². The van der Waals surface area contributed by atoms with Gasteiger partial charge >= 0.3 is 0 Å². The molecule has 0 aromatic heterocycles. The number of benzene rings is 1. The third kappa shape index (κ3) is 14.5. The second kappa shape index (κ2) is 21.5. The van der Waals surface area contributed by atoms with Crippen LogP contribution in [0.2, 0.25) is 0 Å². The molecule has 1 heterocycles. The van der Waals surface area contributed by atoms with Crippen molar-refractivity contribution in [3.63, 3.8) is 0 Å². The predicted octanol–water partition coefficient (Wildman–Crippen LogP) is 0.317. The Morgan fingerprint density at radius 3 is 2.98 bits per heavy atom. The fourth-order valence-corrected chi connectivity index (χ4v) is 5.16. The third-order valence-electron chi connectivity index (χ3n) is 5.59. The molecule has 1 fully saturated rings. The smallest absolute Gasteiger partial charge is 0.251 e. The van der Waals surface area contributed by atoms with Crippen LogP contribution in [0.4, 0.5) is 0 Å². The van der Waals surface area contributed by atoms with Crippen LogP contribution in [0.25, 0.3) is 0 Å². The van der Waals surface area contributed by atoms with E-state index >= 15 is 0 Å². The minimum absolute atomic E-state index is 0.104. The summed E-state index contributed by atoms with van der Waals surface area (Å²) in [6.07, 6.45) is 3.72. The number of nitrogens with one attached hydrogen (secondary N) is 2. The van der Waals surface area contributed by atoms with Crippen LogP contribution in [-0.2, 0) is 23.7 Å². The first-order valence-corrected chi connectivity index (χ1v) is 15.9. The number of hydrogen-bond donors (Lipinski definition) is 4. The number of carbonyl (C=O) groups excluding carboxylic acids is 2. The van der Waals surface area contributed by atoms with Gasteiger partial charge in [0.05, 0.1) is 39.1 Å². The monoisotopic (exact) mass is 609 g/mol. The molecule has 41 heavy (non-hydrogen) atoms. The van der Waals surface area contributed by atoms with Crippen molar-refractivity contribution in [1.82, 2.24) is 10.6 Å². The first-order valence-electron chi connectivity index (χ1n) is 13.3. The van der Waals surface area contributed by atoms with Gasteiger partial charge in [-0.05, 0) is 30.9 Å². The SMILES string of the molecule is C=CCO[C@@H]1C[C@H](BC#CCNC(=O)COCCOC(COc2cccc(C(=O)NCCN)c2)SSC)OC1CO. The van der Waals surface area contributed by atoms with E-state index in [0.717, 1.165) is 0 Å². The first-order chi connectivity index (χ1) is 20.0. The molecular formula is C27H40BN3O8S2. The zero-order valence-corrected chi connectivity index (χ0v) is 25.0. The Hall–Kier alpha value is -2.22. The summed E-state index contributed by atoms with van der Waals surface area (Å²) >= 11 is 0. The van der Waals surface area contributed by atoms with Crippen molar-refractivity contribution in [1.29, 1.82) is 0 Å². The van der Waals surface area contributed by atoms with Crippen LogP contribution in [0.5, 0.6) is 5.75 Å². The van der Waals surface area contributed by atoms with Crippen molar-refractivity contribution >= 4 is 40.7 Å². The lowest BCUT2D eigenvalue weighted by Gasteiger charge is -2.17. The Kier molecular flexibility index (Phi) is 18.3. The number of aliphatic hydroxyl groups is 1. The van der Waals surface area contributed by atoms with E-state index in [9.17, 15) is 14.7 Å². The van der Waals surface area contributed by atoms with Crippen molar-refractivity contribution in [2.75, 3.05) is 65.5 Å². The van der Waals surface area contributed by atoms with Crippen LogP contribution in [0.15, 0.2) is 36.9 Å². The van der Waals surface area contributed by atoms with E-state index in [1.165, 1.54) is 10.8 Å². The molecule has 2 amide bonds. The molecule has 0 bridgehead atoms. The number of aliphatic hydroxyl groups excluding tert-OH is 1. The molecule has 5 N–H and O–H groups in total. The van der Waals surface area contributed by atoms with Crippen molar-refractivity contribution in [3.8, 4) is 17.5 Å². The molecule has 11 nitrogen and oxygen atoms in total. The maximum atomic E-state index is 12.1. The topological polar surface area (TPSA) is 151 Å². The summed E-state index contributed by atoms with van der Waals surface area (Å²) in [6.45, 7) is 5.58. The average Bonchev–Trinajstić information content (AvgIpc) is 3.39. The molecule has 14 heteroatoms. The van der Waals surface area contributed by atoms with Crippen LogP contribution in [0.3, 0.4) is 0 Å². The molecule has 2 rings (SSSR count). The van der Waals surface area contributed by atoms with Crippen molar-refractivity contribution < 1.29 is 38.4 Å². The summed E-state index contributed by atoms with van der Waals surface area (Å²) in [5.74, 6) is 5.98. The van der Waals surface area contributed by atoms with Gasteiger partial charge in [0.15, 0.2) is 0 Å². The Morgan fingerprint density at radius 1 is 1.37 bits per heavy atom. The highest BCUT2D eigenvalue weighted by atomic mass is 33.1. The number of ether oxygens (including phenoxy) is 5. The van der Waals surface area contributed by atoms with Gasteiger partial charge < -0.3 is 45.2 Å².